The lowest BCUT2D eigenvalue weighted by molar-refractivity contribution is -0.120. The van der Waals surface area contributed by atoms with E-state index in [2.05, 4.69) is 5.10 Å². The molecule has 2 aromatic rings. The molecule has 7 heteroatoms. The van der Waals surface area contributed by atoms with Gasteiger partial charge in [0.1, 0.15) is 11.6 Å². The molecule has 26 heavy (non-hydrogen) atoms. The van der Waals surface area contributed by atoms with E-state index in [1.807, 2.05) is 17.7 Å². The summed E-state index contributed by atoms with van der Waals surface area (Å²) in [6.45, 7) is 1.85. The lowest BCUT2D eigenvalue weighted by Crippen LogP contribution is -2.33. The highest BCUT2D eigenvalue weighted by atomic mass is 35.5. The number of hydrogen-bond donors (Lipinski definition) is 0. The van der Waals surface area contributed by atoms with Crippen LogP contribution in [-0.4, -0.2) is 29.3 Å². The van der Waals surface area contributed by atoms with Crippen LogP contribution in [0.5, 0.6) is 5.75 Å². The van der Waals surface area contributed by atoms with Gasteiger partial charge in [-0.2, -0.15) is 5.10 Å². The van der Waals surface area contributed by atoms with Crippen LogP contribution < -0.4 is 9.64 Å². The largest absolute Gasteiger partial charge is 0.482 e. The van der Waals surface area contributed by atoms with Gasteiger partial charge in [0.25, 0.3) is 5.91 Å². The van der Waals surface area contributed by atoms with Crippen molar-refractivity contribution in [3.8, 4) is 5.75 Å². The van der Waals surface area contributed by atoms with Crippen molar-refractivity contribution >= 4 is 34.9 Å². The van der Waals surface area contributed by atoms with E-state index < -0.39 is 0 Å². The van der Waals surface area contributed by atoms with Crippen molar-refractivity contribution in [1.82, 2.24) is 9.78 Å². The highest BCUT2D eigenvalue weighted by Crippen LogP contribution is 2.32. The molecular formula is C19H23Cl2N3O2. The Labute approximate surface area is 163 Å². The van der Waals surface area contributed by atoms with E-state index in [-0.39, 0.29) is 12.5 Å². The first-order valence-electron chi connectivity index (χ1n) is 8.86. The first-order valence-corrected chi connectivity index (χ1v) is 9.62. The zero-order chi connectivity index (χ0) is 18.7. The minimum absolute atomic E-state index is 0.104. The highest BCUT2D eigenvalue weighted by Gasteiger charge is 2.23. The number of benzene rings is 1. The van der Waals surface area contributed by atoms with Crippen LogP contribution in [0.1, 0.15) is 43.8 Å². The van der Waals surface area contributed by atoms with Crippen molar-refractivity contribution in [2.24, 2.45) is 0 Å². The maximum Gasteiger partial charge on any atom is 0.265 e. The van der Waals surface area contributed by atoms with Crippen LogP contribution in [0, 0.1) is 6.92 Å². The summed E-state index contributed by atoms with van der Waals surface area (Å²) in [5.74, 6) is 1.09. The summed E-state index contributed by atoms with van der Waals surface area (Å²) < 4.78 is 7.58. The number of halogens is 2. The topological polar surface area (TPSA) is 47.4 Å². The van der Waals surface area contributed by atoms with Crippen LogP contribution >= 0.6 is 23.2 Å². The maximum absolute atomic E-state index is 12.6. The normalized spacial score (nSPS) is 15.1. The van der Waals surface area contributed by atoms with Crippen LogP contribution in [0.15, 0.2) is 24.3 Å². The van der Waals surface area contributed by atoms with Gasteiger partial charge in [-0.25, -0.2) is 4.68 Å². The smallest absolute Gasteiger partial charge is 0.265 e. The van der Waals surface area contributed by atoms with E-state index in [0.717, 1.165) is 24.4 Å². The Hall–Kier alpha value is -1.72. The Bertz CT molecular complexity index is 785. The molecule has 0 bridgehead atoms. The van der Waals surface area contributed by atoms with Gasteiger partial charge < -0.3 is 4.74 Å². The molecule has 1 aliphatic carbocycles. The number of aromatic nitrogens is 2. The first kappa shape index (κ1) is 19.1. The standard InChI is InChI=1S/C19H23Cl2N3O2/c1-13-10-18(24(22-13)15-6-4-3-5-7-15)23(2)19(25)12-26-17-9-8-14(20)11-16(17)21/h8-11,15H,3-7,12H2,1-2H3. The molecule has 1 aliphatic rings. The van der Waals surface area contributed by atoms with E-state index in [1.54, 1.807) is 30.1 Å². The fourth-order valence-electron chi connectivity index (χ4n) is 3.30. The van der Waals surface area contributed by atoms with Gasteiger partial charge in [0.15, 0.2) is 6.61 Å². The number of ether oxygens (including phenoxy) is 1. The molecule has 140 valence electrons. The molecule has 3 rings (SSSR count). The summed E-state index contributed by atoms with van der Waals surface area (Å²) in [7, 11) is 1.75. The van der Waals surface area contributed by atoms with Gasteiger partial charge in [-0.1, -0.05) is 42.5 Å². The summed E-state index contributed by atoms with van der Waals surface area (Å²) >= 11 is 12.0. The maximum atomic E-state index is 12.6. The van der Waals surface area contributed by atoms with Gasteiger partial charge in [-0.3, -0.25) is 9.69 Å². The second kappa shape index (κ2) is 8.31. The quantitative estimate of drug-likeness (QED) is 0.711. The minimum atomic E-state index is -0.159. The predicted molar refractivity (Wildman–Crippen MR) is 104 cm³/mol. The minimum Gasteiger partial charge on any atom is -0.482 e. The van der Waals surface area contributed by atoms with Crippen molar-refractivity contribution in [2.75, 3.05) is 18.6 Å². The van der Waals surface area contributed by atoms with Crippen LogP contribution in [-0.2, 0) is 4.79 Å². The van der Waals surface area contributed by atoms with Gasteiger partial charge in [-0.05, 0) is 38.0 Å². The number of carbonyl (C=O) groups is 1. The molecule has 0 unspecified atom stereocenters. The second-order valence-corrected chi connectivity index (χ2v) is 7.54. The van der Waals surface area contributed by atoms with Crippen LogP contribution in [0.4, 0.5) is 5.82 Å². The molecule has 0 spiro atoms. The molecule has 1 saturated carbocycles. The van der Waals surface area contributed by atoms with Gasteiger partial charge in [0.05, 0.1) is 16.8 Å². The van der Waals surface area contributed by atoms with E-state index in [4.69, 9.17) is 27.9 Å². The molecule has 1 aromatic carbocycles. The van der Waals surface area contributed by atoms with Crippen molar-refractivity contribution in [3.63, 3.8) is 0 Å². The van der Waals surface area contributed by atoms with E-state index in [0.29, 0.717) is 21.8 Å². The van der Waals surface area contributed by atoms with Gasteiger partial charge in [0, 0.05) is 18.1 Å². The summed E-state index contributed by atoms with van der Waals surface area (Å²) in [6.07, 6.45) is 5.90. The molecule has 1 aromatic heterocycles. The van der Waals surface area contributed by atoms with Gasteiger partial charge in [0.2, 0.25) is 0 Å². The zero-order valence-electron chi connectivity index (χ0n) is 15.0. The van der Waals surface area contributed by atoms with Gasteiger partial charge >= 0.3 is 0 Å². The summed E-state index contributed by atoms with van der Waals surface area (Å²) in [5.41, 5.74) is 0.909. The number of amides is 1. The second-order valence-electron chi connectivity index (χ2n) is 6.70. The number of hydrogen-bond acceptors (Lipinski definition) is 3. The van der Waals surface area contributed by atoms with Crippen molar-refractivity contribution in [2.45, 2.75) is 45.1 Å². The molecule has 1 amide bonds. The molecule has 5 nitrogen and oxygen atoms in total. The monoisotopic (exact) mass is 395 g/mol. The van der Waals surface area contributed by atoms with E-state index in [9.17, 15) is 4.79 Å². The molecule has 1 fully saturated rings. The number of anilines is 1. The number of rotatable bonds is 5. The Morgan fingerprint density at radius 1 is 1.27 bits per heavy atom. The number of nitrogens with zero attached hydrogens (tertiary/aromatic N) is 3. The lowest BCUT2D eigenvalue weighted by Gasteiger charge is -2.26. The van der Waals surface area contributed by atoms with E-state index in [1.165, 1.54) is 19.3 Å². The van der Waals surface area contributed by atoms with E-state index >= 15 is 0 Å². The number of likely N-dealkylation sites (N-methyl/N-ethyl adjacent to an activating group) is 1. The molecule has 0 radical (unpaired) electrons. The molecule has 0 aliphatic heterocycles. The van der Waals surface area contributed by atoms with Crippen molar-refractivity contribution < 1.29 is 9.53 Å². The predicted octanol–water partition coefficient (Wildman–Crippen LogP) is 5.05. The Morgan fingerprint density at radius 2 is 2.00 bits per heavy atom. The fourth-order valence-corrected chi connectivity index (χ4v) is 3.77. The molecular weight excluding hydrogens is 373 g/mol. The lowest BCUT2D eigenvalue weighted by atomic mass is 9.96. The van der Waals surface area contributed by atoms with Crippen molar-refractivity contribution in [3.05, 3.63) is 40.0 Å². The van der Waals surface area contributed by atoms with Crippen molar-refractivity contribution in [1.29, 1.82) is 0 Å². The van der Waals surface area contributed by atoms with Crippen LogP contribution in [0.3, 0.4) is 0 Å². The Morgan fingerprint density at radius 3 is 2.69 bits per heavy atom. The fraction of sp³-hybridized carbons (Fsp3) is 0.474. The molecule has 1 heterocycles. The third kappa shape index (κ3) is 4.33. The SMILES string of the molecule is Cc1cc(N(C)C(=O)COc2ccc(Cl)cc2Cl)n(C2CCCCC2)n1. The zero-order valence-corrected chi connectivity index (χ0v) is 16.6. The number of carbonyl (C=O) groups excluding carboxylic acids is 1. The highest BCUT2D eigenvalue weighted by molar-refractivity contribution is 6.35. The van der Waals surface area contributed by atoms with Crippen LogP contribution in [0.25, 0.3) is 0 Å². The summed E-state index contributed by atoms with van der Waals surface area (Å²) in [6, 6.07) is 7.23. The average molecular weight is 396 g/mol. The Kier molecular flexibility index (Phi) is 6.09. The third-order valence-electron chi connectivity index (χ3n) is 4.72. The molecule has 0 atom stereocenters. The first-order chi connectivity index (χ1) is 12.5. The molecule has 0 saturated heterocycles. The van der Waals surface area contributed by atoms with Gasteiger partial charge in [-0.15, -0.1) is 0 Å². The summed E-state index contributed by atoms with van der Waals surface area (Å²) in [4.78, 5) is 14.2. The third-order valence-corrected chi connectivity index (χ3v) is 5.25. The average Bonchev–Trinajstić information content (AvgIpc) is 3.02. The number of aryl methyl sites for hydroxylation is 1. The molecule has 0 N–H and O–H groups in total. The summed E-state index contributed by atoms with van der Waals surface area (Å²) in [5, 5.41) is 5.54. The van der Waals surface area contributed by atoms with Crippen LogP contribution in [0.2, 0.25) is 10.0 Å². The Balaban J connectivity index is 1.70.